The summed E-state index contributed by atoms with van der Waals surface area (Å²) < 4.78 is 11.0. The van der Waals surface area contributed by atoms with E-state index in [0.29, 0.717) is 0 Å². The van der Waals surface area contributed by atoms with Gasteiger partial charge in [0.1, 0.15) is 5.76 Å². The quantitative estimate of drug-likeness (QED) is 0.659. The smallest absolute Gasteiger partial charge is 0.120 e. The van der Waals surface area contributed by atoms with Crippen molar-refractivity contribution in [1.29, 1.82) is 0 Å². The van der Waals surface area contributed by atoms with Crippen LogP contribution in [0.2, 0.25) is 0 Å². The lowest BCUT2D eigenvalue weighted by Gasteiger charge is -2.18. The van der Waals surface area contributed by atoms with Gasteiger partial charge in [-0.3, -0.25) is 0 Å². The number of hydrogen-bond acceptors (Lipinski definition) is 4. The second kappa shape index (κ2) is 7.68. The van der Waals surface area contributed by atoms with Gasteiger partial charge in [0.05, 0.1) is 18.9 Å². The SMILES string of the molecule is CC(NCCN(C)CCOCC1CC1)c1ccco1. The third-order valence-electron chi connectivity index (χ3n) is 3.58. The monoisotopic (exact) mass is 266 g/mol. The van der Waals surface area contributed by atoms with Crippen molar-refractivity contribution in [3.05, 3.63) is 24.2 Å². The highest BCUT2D eigenvalue weighted by Gasteiger charge is 2.20. The van der Waals surface area contributed by atoms with Crippen LogP contribution in [-0.2, 0) is 4.74 Å². The van der Waals surface area contributed by atoms with Crippen molar-refractivity contribution in [2.24, 2.45) is 5.92 Å². The third-order valence-corrected chi connectivity index (χ3v) is 3.58. The first-order valence-corrected chi connectivity index (χ1v) is 7.29. The molecule has 0 radical (unpaired) electrons. The Labute approximate surface area is 116 Å². The van der Waals surface area contributed by atoms with Crippen molar-refractivity contribution in [3.63, 3.8) is 0 Å². The molecule has 4 nitrogen and oxygen atoms in total. The van der Waals surface area contributed by atoms with Crippen LogP contribution in [0.1, 0.15) is 31.6 Å². The summed E-state index contributed by atoms with van der Waals surface area (Å²) in [6, 6.07) is 4.21. The van der Waals surface area contributed by atoms with Crippen molar-refractivity contribution in [1.82, 2.24) is 10.2 Å². The predicted molar refractivity (Wildman–Crippen MR) is 76.2 cm³/mol. The number of likely N-dealkylation sites (N-methyl/N-ethyl adjacent to an activating group) is 1. The van der Waals surface area contributed by atoms with Crippen LogP contribution in [0, 0.1) is 5.92 Å². The minimum Gasteiger partial charge on any atom is -0.468 e. The van der Waals surface area contributed by atoms with Gasteiger partial charge < -0.3 is 19.4 Å². The van der Waals surface area contributed by atoms with E-state index in [-0.39, 0.29) is 6.04 Å². The summed E-state index contributed by atoms with van der Waals surface area (Å²) in [6.07, 6.45) is 4.45. The molecule has 1 fully saturated rings. The van der Waals surface area contributed by atoms with Crippen molar-refractivity contribution in [2.75, 3.05) is 39.9 Å². The van der Waals surface area contributed by atoms with Crippen LogP contribution in [0.25, 0.3) is 0 Å². The second-order valence-electron chi connectivity index (χ2n) is 5.51. The second-order valence-corrected chi connectivity index (χ2v) is 5.51. The third kappa shape index (κ3) is 5.76. The zero-order valence-corrected chi connectivity index (χ0v) is 12.1. The van der Waals surface area contributed by atoms with Crippen molar-refractivity contribution >= 4 is 0 Å². The minimum absolute atomic E-state index is 0.273. The molecule has 19 heavy (non-hydrogen) atoms. The van der Waals surface area contributed by atoms with Crippen LogP contribution in [0.4, 0.5) is 0 Å². The lowest BCUT2D eigenvalue weighted by atomic mass is 10.2. The van der Waals surface area contributed by atoms with Gasteiger partial charge in [0, 0.05) is 26.2 Å². The summed E-state index contributed by atoms with van der Waals surface area (Å²) >= 11 is 0. The van der Waals surface area contributed by atoms with E-state index in [1.807, 2.05) is 12.1 Å². The summed E-state index contributed by atoms with van der Waals surface area (Å²) in [7, 11) is 2.14. The lowest BCUT2D eigenvalue weighted by Crippen LogP contribution is -2.32. The van der Waals surface area contributed by atoms with E-state index >= 15 is 0 Å². The number of furan rings is 1. The summed E-state index contributed by atoms with van der Waals surface area (Å²) in [4.78, 5) is 2.30. The van der Waals surface area contributed by atoms with Gasteiger partial charge in [-0.05, 0) is 44.9 Å². The van der Waals surface area contributed by atoms with Gasteiger partial charge in [0.25, 0.3) is 0 Å². The van der Waals surface area contributed by atoms with Crippen LogP contribution >= 0.6 is 0 Å². The molecule has 108 valence electrons. The van der Waals surface area contributed by atoms with Crippen molar-refractivity contribution in [2.45, 2.75) is 25.8 Å². The van der Waals surface area contributed by atoms with Gasteiger partial charge in [-0.1, -0.05) is 0 Å². The topological polar surface area (TPSA) is 37.6 Å². The number of hydrogen-bond donors (Lipinski definition) is 1. The summed E-state index contributed by atoms with van der Waals surface area (Å²) in [5.41, 5.74) is 0. The Bertz CT molecular complexity index is 336. The molecular formula is C15H26N2O2. The Morgan fingerprint density at radius 1 is 1.47 bits per heavy atom. The van der Waals surface area contributed by atoms with Gasteiger partial charge >= 0.3 is 0 Å². The number of nitrogens with one attached hydrogen (secondary N) is 1. The fourth-order valence-corrected chi connectivity index (χ4v) is 1.98. The molecule has 1 aliphatic carbocycles. The molecule has 1 heterocycles. The molecule has 0 spiro atoms. The molecule has 0 aromatic carbocycles. The summed E-state index contributed by atoms with van der Waals surface area (Å²) in [5, 5.41) is 3.46. The van der Waals surface area contributed by atoms with Gasteiger partial charge in [-0.25, -0.2) is 0 Å². The largest absolute Gasteiger partial charge is 0.468 e. The molecular weight excluding hydrogens is 240 g/mol. The molecule has 1 saturated carbocycles. The Hall–Kier alpha value is -0.840. The van der Waals surface area contributed by atoms with E-state index in [4.69, 9.17) is 9.15 Å². The zero-order chi connectivity index (χ0) is 13.5. The molecule has 1 aromatic rings. The molecule has 1 atom stereocenters. The maximum absolute atomic E-state index is 5.64. The first kappa shape index (κ1) is 14.6. The van der Waals surface area contributed by atoms with Crippen LogP contribution < -0.4 is 5.32 Å². The first-order chi connectivity index (χ1) is 9.25. The summed E-state index contributed by atoms with van der Waals surface area (Å²) in [6.45, 7) is 6.92. The van der Waals surface area contributed by atoms with E-state index in [9.17, 15) is 0 Å². The van der Waals surface area contributed by atoms with Crippen molar-refractivity contribution < 1.29 is 9.15 Å². The number of ether oxygens (including phenoxy) is 1. The molecule has 1 unspecified atom stereocenters. The Morgan fingerprint density at radius 3 is 3.00 bits per heavy atom. The van der Waals surface area contributed by atoms with E-state index in [1.165, 1.54) is 12.8 Å². The van der Waals surface area contributed by atoms with Gasteiger partial charge in [0.15, 0.2) is 0 Å². The van der Waals surface area contributed by atoms with E-state index in [1.54, 1.807) is 6.26 Å². The molecule has 0 bridgehead atoms. The van der Waals surface area contributed by atoms with E-state index in [0.717, 1.165) is 44.5 Å². The van der Waals surface area contributed by atoms with Crippen LogP contribution in [0.15, 0.2) is 22.8 Å². The number of rotatable bonds is 10. The van der Waals surface area contributed by atoms with Gasteiger partial charge in [-0.15, -0.1) is 0 Å². The molecule has 0 amide bonds. The van der Waals surface area contributed by atoms with Crippen LogP contribution in [0.3, 0.4) is 0 Å². The molecule has 1 aliphatic rings. The number of nitrogens with zero attached hydrogens (tertiary/aromatic N) is 1. The maximum atomic E-state index is 5.64. The fraction of sp³-hybridized carbons (Fsp3) is 0.733. The molecule has 4 heteroatoms. The zero-order valence-electron chi connectivity index (χ0n) is 12.1. The molecule has 0 aliphatic heterocycles. The molecule has 1 N–H and O–H groups in total. The van der Waals surface area contributed by atoms with Crippen molar-refractivity contribution in [3.8, 4) is 0 Å². The highest BCUT2D eigenvalue weighted by Crippen LogP contribution is 2.28. The van der Waals surface area contributed by atoms with E-state index in [2.05, 4.69) is 24.2 Å². The Balaban J connectivity index is 1.47. The van der Waals surface area contributed by atoms with Gasteiger partial charge in [-0.2, -0.15) is 0 Å². The first-order valence-electron chi connectivity index (χ1n) is 7.29. The summed E-state index contributed by atoms with van der Waals surface area (Å²) in [5.74, 6) is 1.86. The van der Waals surface area contributed by atoms with Crippen LogP contribution in [-0.4, -0.2) is 44.8 Å². The lowest BCUT2D eigenvalue weighted by molar-refractivity contribution is 0.103. The average Bonchev–Trinajstić information content (AvgIpc) is 3.05. The fourth-order valence-electron chi connectivity index (χ4n) is 1.98. The normalized spacial score (nSPS) is 17.0. The standard InChI is InChI=1S/C15H26N2O2/c1-13(15-4-3-10-19-15)16-7-8-17(2)9-11-18-12-14-5-6-14/h3-4,10,13-14,16H,5-9,11-12H2,1-2H3. The maximum Gasteiger partial charge on any atom is 0.120 e. The predicted octanol–water partition coefficient (Wildman–Crippen LogP) is 2.29. The highest BCUT2D eigenvalue weighted by atomic mass is 16.5. The highest BCUT2D eigenvalue weighted by molar-refractivity contribution is 5.02. The molecule has 0 saturated heterocycles. The van der Waals surface area contributed by atoms with E-state index < -0.39 is 0 Å². The Morgan fingerprint density at radius 2 is 2.32 bits per heavy atom. The average molecular weight is 266 g/mol. The van der Waals surface area contributed by atoms with Gasteiger partial charge in [0.2, 0.25) is 0 Å². The Kier molecular flexibility index (Phi) is 5.89. The minimum atomic E-state index is 0.273. The molecule has 2 rings (SSSR count). The van der Waals surface area contributed by atoms with Crippen LogP contribution in [0.5, 0.6) is 0 Å². The molecule has 1 aromatic heterocycles.